The molecule has 0 aliphatic heterocycles. The maximum Gasteiger partial charge on any atom is 0.312 e. The van der Waals surface area contributed by atoms with E-state index in [-0.39, 0.29) is 10.8 Å². The topological polar surface area (TPSA) is 51.1 Å². The van der Waals surface area contributed by atoms with E-state index < -0.39 is 0 Å². The van der Waals surface area contributed by atoms with Gasteiger partial charge in [0.05, 0.1) is 11.4 Å². The molecule has 1 saturated carbocycles. The molecule has 1 aliphatic carbocycles. The summed E-state index contributed by atoms with van der Waals surface area (Å²) in [5.74, 6) is 0.541. The predicted molar refractivity (Wildman–Crippen MR) is 139 cm³/mol. The Morgan fingerprint density at radius 1 is 0.941 bits per heavy atom. The number of aryl methyl sites for hydroxylation is 1. The number of aromatic nitrogens is 1. The van der Waals surface area contributed by atoms with Crippen LogP contribution in [0.1, 0.15) is 53.1 Å². The van der Waals surface area contributed by atoms with Gasteiger partial charge in [-0.25, -0.2) is 0 Å². The third-order valence-corrected chi connectivity index (χ3v) is 7.04. The van der Waals surface area contributed by atoms with Crippen molar-refractivity contribution in [1.29, 1.82) is 0 Å². The number of carbonyl (C=O) groups excluding carboxylic acids is 1. The second-order valence-corrected chi connectivity index (χ2v) is 9.69. The molecule has 172 valence electrons. The smallest absolute Gasteiger partial charge is 0.312 e. The average Bonchev–Trinajstić information content (AvgIpc) is 3.66. The largest absolute Gasteiger partial charge is 0.352 e. The van der Waals surface area contributed by atoms with Gasteiger partial charge < -0.3 is 5.32 Å². The highest BCUT2D eigenvalue weighted by Gasteiger charge is 2.24. The Labute approximate surface area is 203 Å². The average molecular weight is 469 g/mol. The molecule has 0 bridgehead atoms. The monoisotopic (exact) mass is 468 g/mol. The Hall–Kier alpha value is -3.44. The first-order valence-electron chi connectivity index (χ1n) is 11.9. The molecule has 1 fully saturated rings. The van der Waals surface area contributed by atoms with Gasteiger partial charge in [-0.2, -0.15) is 0 Å². The van der Waals surface area contributed by atoms with Gasteiger partial charge in [0.15, 0.2) is 0 Å². The van der Waals surface area contributed by atoms with Crippen molar-refractivity contribution in [3.63, 3.8) is 0 Å². The quantitative estimate of drug-likeness (QED) is 0.298. The van der Waals surface area contributed by atoms with Gasteiger partial charge in [-0.15, -0.1) is 0 Å². The van der Waals surface area contributed by atoms with Crippen LogP contribution in [0, 0.1) is 0 Å². The number of hydrogen-bond donors (Lipinski definition) is 1. The third kappa shape index (κ3) is 5.20. The van der Waals surface area contributed by atoms with Gasteiger partial charge >= 0.3 is 4.87 Å². The lowest BCUT2D eigenvalue weighted by Gasteiger charge is -2.11. The highest BCUT2D eigenvalue weighted by molar-refractivity contribution is 7.07. The van der Waals surface area contributed by atoms with Gasteiger partial charge in [-0.1, -0.05) is 65.9 Å². The van der Waals surface area contributed by atoms with Crippen LogP contribution in [0.15, 0.2) is 89.0 Å². The van der Waals surface area contributed by atoms with Crippen molar-refractivity contribution in [3.8, 4) is 16.9 Å². The molecule has 0 saturated heterocycles. The number of nitrogens with one attached hydrogen (secondary N) is 1. The van der Waals surface area contributed by atoms with Gasteiger partial charge in [0.1, 0.15) is 0 Å². The minimum absolute atomic E-state index is 0.0174. The molecule has 0 radical (unpaired) electrons. The zero-order valence-corrected chi connectivity index (χ0v) is 19.9. The molecule has 0 spiro atoms. The van der Waals surface area contributed by atoms with E-state index in [9.17, 15) is 9.59 Å². The standard InChI is InChI=1S/C29H28N2O2S/c32-28(30-17-5-4-10-21-8-2-1-3-9-21)25-13-6-12-24(18-25)27-20-34-29(33)31(27)26-14-7-11-23(19-26)22-15-16-22/h1-3,6-9,11-14,18-20,22H,4-5,10,15-17H2,(H,30,32). The van der Waals surface area contributed by atoms with E-state index in [2.05, 4.69) is 41.7 Å². The summed E-state index contributed by atoms with van der Waals surface area (Å²) in [5.41, 5.74) is 5.80. The Kier molecular flexibility index (Phi) is 6.72. The van der Waals surface area contributed by atoms with Crippen molar-refractivity contribution < 1.29 is 4.79 Å². The highest BCUT2D eigenvalue weighted by atomic mass is 32.1. The summed E-state index contributed by atoms with van der Waals surface area (Å²) in [6.07, 6.45) is 5.42. The van der Waals surface area contributed by atoms with Crippen LogP contribution in [-0.2, 0) is 6.42 Å². The van der Waals surface area contributed by atoms with Gasteiger partial charge in [0.25, 0.3) is 5.91 Å². The lowest BCUT2D eigenvalue weighted by atomic mass is 10.1. The summed E-state index contributed by atoms with van der Waals surface area (Å²) in [6, 6.07) is 26.2. The van der Waals surface area contributed by atoms with Crippen LogP contribution < -0.4 is 10.2 Å². The minimum atomic E-state index is -0.0820. The second-order valence-electron chi connectivity index (χ2n) is 8.87. The van der Waals surface area contributed by atoms with E-state index >= 15 is 0 Å². The van der Waals surface area contributed by atoms with Crippen molar-refractivity contribution in [2.75, 3.05) is 6.54 Å². The molecule has 4 nitrogen and oxygen atoms in total. The molecule has 1 heterocycles. The fourth-order valence-electron chi connectivity index (χ4n) is 4.31. The predicted octanol–water partition coefficient (Wildman–Crippen LogP) is 6.20. The number of benzene rings is 3. The Morgan fingerprint density at radius 3 is 2.59 bits per heavy atom. The molecular weight excluding hydrogens is 440 g/mol. The lowest BCUT2D eigenvalue weighted by molar-refractivity contribution is 0.0953. The Balaban J connectivity index is 1.27. The summed E-state index contributed by atoms with van der Waals surface area (Å²) in [4.78, 5) is 25.5. The SMILES string of the molecule is O=C(NCCCCc1ccccc1)c1cccc(-c2csc(=O)n2-c2cccc(C3CC3)c2)c1. The maximum atomic E-state index is 12.8. The van der Waals surface area contributed by atoms with Gasteiger partial charge in [0, 0.05) is 23.1 Å². The van der Waals surface area contributed by atoms with E-state index in [1.807, 2.05) is 47.8 Å². The van der Waals surface area contributed by atoms with Gasteiger partial charge in [-0.3, -0.25) is 14.2 Å². The Bertz CT molecular complexity index is 1340. The number of amides is 1. The molecule has 5 rings (SSSR count). The molecule has 1 amide bonds. The zero-order chi connectivity index (χ0) is 23.3. The molecule has 5 heteroatoms. The number of hydrogen-bond acceptors (Lipinski definition) is 3. The summed E-state index contributed by atoms with van der Waals surface area (Å²) in [6.45, 7) is 0.646. The molecule has 3 aromatic carbocycles. The van der Waals surface area contributed by atoms with Crippen LogP contribution in [0.25, 0.3) is 16.9 Å². The molecule has 1 aliphatic rings. The Morgan fingerprint density at radius 2 is 1.76 bits per heavy atom. The first-order chi connectivity index (χ1) is 16.7. The van der Waals surface area contributed by atoms with Crippen LogP contribution in [0.4, 0.5) is 0 Å². The molecule has 0 atom stereocenters. The van der Waals surface area contributed by atoms with Crippen molar-refractivity contribution in [1.82, 2.24) is 9.88 Å². The molecule has 1 N–H and O–H groups in total. The lowest BCUT2D eigenvalue weighted by Crippen LogP contribution is -2.24. The minimum Gasteiger partial charge on any atom is -0.352 e. The summed E-state index contributed by atoms with van der Waals surface area (Å²) in [7, 11) is 0. The zero-order valence-electron chi connectivity index (χ0n) is 19.1. The summed E-state index contributed by atoms with van der Waals surface area (Å²) in [5, 5.41) is 4.92. The van der Waals surface area contributed by atoms with Crippen LogP contribution in [0.3, 0.4) is 0 Å². The van der Waals surface area contributed by atoms with Gasteiger partial charge in [0.2, 0.25) is 0 Å². The van der Waals surface area contributed by atoms with Crippen LogP contribution in [-0.4, -0.2) is 17.0 Å². The molecule has 4 aromatic rings. The van der Waals surface area contributed by atoms with Gasteiger partial charge in [-0.05, 0) is 73.4 Å². The number of carbonyl (C=O) groups is 1. The fraction of sp³-hybridized carbons (Fsp3) is 0.241. The van der Waals surface area contributed by atoms with E-state index in [1.54, 1.807) is 4.57 Å². The first kappa shape index (κ1) is 22.4. The first-order valence-corrected chi connectivity index (χ1v) is 12.8. The van der Waals surface area contributed by atoms with Crippen LogP contribution in [0.5, 0.6) is 0 Å². The third-order valence-electron chi connectivity index (χ3n) is 6.31. The fourth-order valence-corrected chi connectivity index (χ4v) is 5.07. The number of rotatable bonds is 9. The van der Waals surface area contributed by atoms with E-state index in [4.69, 9.17) is 0 Å². The normalized spacial score (nSPS) is 13.1. The van der Waals surface area contributed by atoms with E-state index in [0.717, 1.165) is 36.2 Å². The maximum absolute atomic E-state index is 12.8. The van der Waals surface area contributed by atoms with E-state index in [0.29, 0.717) is 18.0 Å². The number of thiazole rings is 1. The summed E-state index contributed by atoms with van der Waals surface area (Å²) < 4.78 is 1.76. The highest BCUT2D eigenvalue weighted by Crippen LogP contribution is 2.40. The number of unbranched alkanes of at least 4 members (excludes halogenated alkanes) is 1. The molecule has 1 aromatic heterocycles. The molecule has 34 heavy (non-hydrogen) atoms. The van der Waals surface area contributed by atoms with Crippen molar-refractivity contribution in [2.45, 2.75) is 38.0 Å². The van der Waals surface area contributed by atoms with Crippen LogP contribution in [0.2, 0.25) is 0 Å². The second kappa shape index (κ2) is 10.2. The number of nitrogens with zero attached hydrogens (tertiary/aromatic N) is 1. The van der Waals surface area contributed by atoms with Crippen molar-refractivity contribution in [3.05, 3.63) is 111 Å². The molecular formula is C29H28N2O2S. The van der Waals surface area contributed by atoms with Crippen molar-refractivity contribution in [2.24, 2.45) is 0 Å². The molecule has 0 unspecified atom stereocenters. The van der Waals surface area contributed by atoms with E-state index in [1.165, 1.54) is 35.3 Å². The van der Waals surface area contributed by atoms with Crippen LogP contribution >= 0.6 is 11.3 Å². The van der Waals surface area contributed by atoms with Crippen molar-refractivity contribution >= 4 is 17.2 Å². The summed E-state index contributed by atoms with van der Waals surface area (Å²) >= 11 is 1.19.